The lowest BCUT2D eigenvalue weighted by Gasteiger charge is -2.05. The number of benzene rings is 1. The van der Waals surface area contributed by atoms with E-state index in [1.54, 1.807) is 12.1 Å². The topological polar surface area (TPSA) is 114 Å². The van der Waals surface area contributed by atoms with Crippen molar-refractivity contribution in [1.82, 2.24) is 5.32 Å². The lowest BCUT2D eigenvalue weighted by molar-refractivity contribution is -0.384. The van der Waals surface area contributed by atoms with Crippen molar-refractivity contribution in [2.75, 3.05) is 11.9 Å². The summed E-state index contributed by atoms with van der Waals surface area (Å²) < 4.78 is 5.10. The third-order valence-corrected chi connectivity index (χ3v) is 2.78. The van der Waals surface area contributed by atoms with Gasteiger partial charge in [-0.15, -0.1) is 0 Å². The van der Waals surface area contributed by atoms with E-state index in [2.05, 4.69) is 10.6 Å². The molecule has 0 bridgehead atoms. The van der Waals surface area contributed by atoms with Gasteiger partial charge in [-0.3, -0.25) is 19.7 Å². The molecule has 2 amide bonds. The maximum Gasteiger partial charge on any atom is 0.313 e. The summed E-state index contributed by atoms with van der Waals surface area (Å²) in [5, 5.41) is 15.3. The Morgan fingerprint density at radius 1 is 1.14 bits per heavy atom. The number of non-ortho nitro benzene ring substituents is 1. The van der Waals surface area contributed by atoms with Crippen molar-refractivity contribution in [3.05, 3.63) is 58.5 Å². The maximum absolute atomic E-state index is 11.6. The fourth-order valence-electron chi connectivity index (χ4n) is 1.69. The minimum Gasteiger partial charge on any atom is -0.469 e. The highest BCUT2D eigenvalue weighted by Gasteiger charge is 2.14. The summed E-state index contributed by atoms with van der Waals surface area (Å²) in [6, 6.07) is 8.69. The first-order chi connectivity index (χ1) is 10.6. The Morgan fingerprint density at radius 3 is 2.45 bits per heavy atom. The number of amides is 2. The number of rotatable bonds is 5. The second-order valence-corrected chi connectivity index (χ2v) is 4.34. The SMILES string of the molecule is O=C(NCCc1ccco1)C(=O)Nc1ccc([N+](=O)[O-])cc1. The summed E-state index contributed by atoms with van der Waals surface area (Å²) in [4.78, 5) is 33.2. The average molecular weight is 303 g/mol. The molecule has 0 saturated carbocycles. The number of nitro groups is 1. The van der Waals surface area contributed by atoms with Crippen LogP contribution in [0.1, 0.15) is 5.76 Å². The number of carbonyl (C=O) groups excluding carboxylic acids is 2. The monoisotopic (exact) mass is 303 g/mol. The van der Waals surface area contributed by atoms with E-state index in [0.717, 1.165) is 0 Å². The Balaban J connectivity index is 1.80. The van der Waals surface area contributed by atoms with E-state index in [9.17, 15) is 19.7 Å². The molecule has 0 unspecified atom stereocenters. The van der Waals surface area contributed by atoms with E-state index in [0.29, 0.717) is 17.9 Å². The standard InChI is InChI=1S/C14H13N3O5/c18-13(15-8-7-12-2-1-9-22-12)14(19)16-10-3-5-11(6-4-10)17(20)21/h1-6,9H,7-8H2,(H,15,18)(H,16,19). The van der Waals surface area contributed by atoms with E-state index < -0.39 is 16.7 Å². The van der Waals surface area contributed by atoms with Gasteiger partial charge in [-0.25, -0.2) is 0 Å². The highest BCUT2D eigenvalue weighted by Crippen LogP contribution is 2.15. The number of hydrogen-bond donors (Lipinski definition) is 2. The Kier molecular flexibility index (Phi) is 4.86. The molecule has 0 aliphatic rings. The molecule has 8 nitrogen and oxygen atoms in total. The minimum absolute atomic E-state index is 0.0964. The van der Waals surface area contributed by atoms with Crippen molar-refractivity contribution in [2.45, 2.75) is 6.42 Å². The molecule has 8 heteroatoms. The van der Waals surface area contributed by atoms with Gasteiger partial charge >= 0.3 is 11.8 Å². The molecule has 0 atom stereocenters. The lowest BCUT2D eigenvalue weighted by atomic mass is 10.3. The fourth-order valence-corrected chi connectivity index (χ4v) is 1.69. The highest BCUT2D eigenvalue weighted by molar-refractivity contribution is 6.39. The summed E-state index contributed by atoms with van der Waals surface area (Å²) in [6.45, 7) is 0.264. The van der Waals surface area contributed by atoms with Gasteiger partial charge in [-0.1, -0.05) is 0 Å². The Bertz CT molecular complexity index is 664. The van der Waals surface area contributed by atoms with E-state index in [4.69, 9.17) is 4.42 Å². The summed E-state index contributed by atoms with van der Waals surface area (Å²) >= 11 is 0. The van der Waals surface area contributed by atoms with E-state index in [-0.39, 0.29) is 12.2 Å². The van der Waals surface area contributed by atoms with Gasteiger partial charge in [0.15, 0.2) is 0 Å². The van der Waals surface area contributed by atoms with Crippen LogP contribution in [0, 0.1) is 10.1 Å². The van der Waals surface area contributed by atoms with Gasteiger partial charge in [0.1, 0.15) is 5.76 Å². The summed E-state index contributed by atoms with van der Waals surface area (Å²) in [6.07, 6.45) is 2.00. The average Bonchev–Trinajstić information content (AvgIpc) is 3.01. The van der Waals surface area contributed by atoms with Crippen molar-refractivity contribution in [3.63, 3.8) is 0 Å². The van der Waals surface area contributed by atoms with Gasteiger partial charge in [-0.2, -0.15) is 0 Å². The van der Waals surface area contributed by atoms with Crippen LogP contribution in [0.5, 0.6) is 0 Å². The molecule has 0 fully saturated rings. The quantitative estimate of drug-likeness (QED) is 0.493. The molecule has 0 radical (unpaired) electrons. The number of carbonyl (C=O) groups is 2. The third-order valence-electron chi connectivity index (χ3n) is 2.78. The second-order valence-electron chi connectivity index (χ2n) is 4.34. The number of hydrogen-bond acceptors (Lipinski definition) is 5. The van der Waals surface area contributed by atoms with Crippen LogP contribution in [0.15, 0.2) is 47.1 Å². The molecular weight excluding hydrogens is 290 g/mol. The van der Waals surface area contributed by atoms with E-state index >= 15 is 0 Å². The first-order valence-electron chi connectivity index (χ1n) is 6.42. The number of anilines is 1. The number of nitro benzene ring substituents is 1. The number of furan rings is 1. The van der Waals surface area contributed by atoms with Crippen LogP contribution in [0.2, 0.25) is 0 Å². The van der Waals surface area contributed by atoms with Gasteiger partial charge in [0, 0.05) is 30.8 Å². The molecule has 2 N–H and O–H groups in total. The van der Waals surface area contributed by atoms with Crippen LogP contribution in [0.4, 0.5) is 11.4 Å². The Hall–Kier alpha value is -3.16. The molecule has 22 heavy (non-hydrogen) atoms. The minimum atomic E-state index is -0.840. The molecule has 1 aromatic carbocycles. The number of nitrogens with zero attached hydrogens (tertiary/aromatic N) is 1. The zero-order chi connectivity index (χ0) is 15.9. The smallest absolute Gasteiger partial charge is 0.313 e. The largest absolute Gasteiger partial charge is 0.469 e. The molecule has 1 heterocycles. The zero-order valence-corrected chi connectivity index (χ0v) is 11.4. The van der Waals surface area contributed by atoms with Crippen LogP contribution in [-0.4, -0.2) is 23.3 Å². The van der Waals surface area contributed by atoms with Gasteiger partial charge in [0.2, 0.25) is 0 Å². The van der Waals surface area contributed by atoms with Crippen molar-refractivity contribution >= 4 is 23.2 Å². The van der Waals surface area contributed by atoms with Crippen molar-refractivity contribution in [2.24, 2.45) is 0 Å². The maximum atomic E-state index is 11.6. The molecule has 0 aliphatic heterocycles. The van der Waals surface area contributed by atoms with Crippen LogP contribution in [0.25, 0.3) is 0 Å². The van der Waals surface area contributed by atoms with E-state index in [1.165, 1.54) is 30.5 Å². The summed E-state index contributed by atoms with van der Waals surface area (Å²) in [5.41, 5.74) is 0.206. The molecule has 2 rings (SSSR count). The highest BCUT2D eigenvalue weighted by atomic mass is 16.6. The second kappa shape index (κ2) is 7.02. The van der Waals surface area contributed by atoms with Crippen molar-refractivity contribution < 1.29 is 18.9 Å². The fraction of sp³-hybridized carbons (Fsp3) is 0.143. The molecule has 0 saturated heterocycles. The van der Waals surface area contributed by atoms with Gasteiger partial charge in [-0.05, 0) is 24.3 Å². The van der Waals surface area contributed by atoms with Gasteiger partial charge in [0.05, 0.1) is 11.2 Å². The molecule has 0 aliphatic carbocycles. The Labute approximate surface area is 125 Å². The summed E-state index contributed by atoms with van der Waals surface area (Å²) in [5.74, 6) is -0.922. The normalized spacial score (nSPS) is 10.0. The first kappa shape index (κ1) is 15.2. The zero-order valence-electron chi connectivity index (χ0n) is 11.4. The lowest BCUT2D eigenvalue weighted by Crippen LogP contribution is -2.36. The Morgan fingerprint density at radius 2 is 1.86 bits per heavy atom. The van der Waals surface area contributed by atoms with Crippen molar-refractivity contribution in [1.29, 1.82) is 0 Å². The van der Waals surface area contributed by atoms with Crippen LogP contribution < -0.4 is 10.6 Å². The molecular formula is C14H13N3O5. The van der Waals surface area contributed by atoms with Crippen LogP contribution in [-0.2, 0) is 16.0 Å². The van der Waals surface area contributed by atoms with Gasteiger partial charge in [0.25, 0.3) is 5.69 Å². The molecule has 114 valence electrons. The molecule has 1 aromatic heterocycles. The van der Waals surface area contributed by atoms with E-state index in [1.807, 2.05) is 0 Å². The molecule has 2 aromatic rings. The summed E-state index contributed by atoms with van der Waals surface area (Å²) in [7, 11) is 0. The first-order valence-corrected chi connectivity index (χ1v) is 6.42. The number of nitrogens with one attached hydrogen (secondary N) is 2. The molecule has 0 spiro atoms. The van der Waals surface area contributed by atoms with Crippen LogP contribution >= 0.6 is 0 Å². The predicted octanol–water partition coefficient (Wildman–Crippen LogP) is 1.49. The van der Waals surface area contributed by atoms with Crippen molar-refractivity contribution in [3.8, 4) is 0 Å². The third kappa shape index (κ3) is 4.17. The predicted molar refractivity (Wildman–Crippen MR) is 77.1 cm³/mol. The van der Waals surface area contributed by atoms with Gasteiger partial charge < -0.3 is 15.1 Å². The van der Waals surface area contributed by atoms with Crippen LogP contribution in [0.3, 0.4) is 0 Å².